The second kappa shape index (κ2) is 10.2. The fourth-order valence-electron chi connectivity index (χ4n) is 4.20. The average molecular weight is 512 g/mol. The van der Waals surface area contributed by atoms with Crippen LogP contribution in [-0.2, 0) is 10.4 Å². The zero-order valence-corrected chi connectivity index (χ0v) is 21.9. The van der Waals surface area contributed by atoms with Crippen molar-refractivity contribution in [3.63, 3.8) is 0 Å². The summed E-state index contributed by atoms with van der Waals surface area (Å²) in [5.74, 6) is 0. The molecule has 0 saturated carbocycles. The molecule has 0 fully saturated rings. The molecule has 1 amide bonds. The van der Waals surface area contributed by atoms with Gasteiger partial charge in [0.05, 0.1) is 17.0 Å². The Balaban J connectivity index is 1.45. The Hall–Kier alpha value is -3.88. The van der Waals surface area contributed by atoms with Crippen molar-refractivity contribution in [2.45, 2.75) is 30.8 Å². The van der Waals surface area contributed by atoms with E-state index in [-0.39, 0.29) is 0 Å². The van der Waals surface area contributed by atoms with Crippen molar-refractivity contribution in [1.82, 2.24) is 23.6 Å². The number of rotatable bonds is 9. The Bertz CT molecular complexity index is 1540. The number of fused-ring (bicyclic) bond motifs is 1. The third-order valence-electron chi connectivity index (χ3n) is 6.49. The SMILES string of the molecule is Cc1ccc(Sn2cc(-c3ccn(-c4cccc(C(C)(O)CCN(C)C=O)c4)n3)c3cccnc32)cc1. The van der Waals surface area contributed by atoms with Crippen LogP contribution in [-0.4, -0.2) is 48.7 Å². The number of hydrogen-bond acceptors (Lipinski definition) is 5. The standard InChI is InChI=1S/C29H29N5O2S/c1-21-9-11-24(12-10-21)37-34-19-26(25-8-5-15-30-28(25)34)27-13-16-33(31-27)23-7-4-6-22(18-23)29(2,36)14-17-32(3)20-35/h4-13,15-16,18-20,36H,14,17H2,1-3H3. The van der Waals surface area contributed by atoms with Crippen LogP contribution in [0.15, 0.2) is 90.2 Å². The third-order valence-corrected chi connectivity index (χ3v) is 7.44. The molecule has 3 aromatic heterocycles. The molecule has 188 valence electrons. The van der Waals surface area contributed by atoms with Crippen LogP contribution in [0.25, 0.3) is 28.0 Å². The van der Waals surface area contributed by atoms with Gasteiger partial charge < -0.3 is 10.0 Å². The second-order valence-corrected chi connectivity index (χ2v) is 10.5. The van der Waals surface area contributed by atoms with Gasteiger partial charge in [0.2, 0.25) is 6.41 Å². The van der Waals surface area contributed by atoms with E-state index in [0.29, 0.717) is 13.0 Å². The Morgan fingerprint density at radius 2 is 1.92 bits per heavy atom. The minimum absolute atomic E-state index is 0.432. The van der Waals surface area contributed by atoms with Gasteiger partial charge in [-0.1, -0.05) is 29.8 Å². The molecule has 7 nitrogen and oxygen atoms in total. The largest absolute Gasteiger partial charge is 0.385 e. The van der Waals surface area contributed by atoms with E-state index in [2.05, 4.69) is 52.4 Å². The number of aromatic nitrogens is 4. The monoisotopic (exact) mass is 511 g/mol. The molecular weight excluding hydrogens is 482 g/mol. The molecule has 0 aliphatic carbocycles. The molecule has 0 radical (unpaired) electrons. The number of carbonyl (C=O) groups is 1. The van der Waals surface area contributed by atoms with Crippen LogP contribution in [0.1, 0.15) is 24.5 Å². The lowest BCUT2D eigenvalue weighted by Crippen LogP contribution is -2.28. The van der Waals surface area contributed by atoms with E-state index in [1.165, 1.54) is 10.5 Å². The maximum Gasteiger partial charge on any atom is 0.209 e. The van der Waals surface area contributed by atoms with E-state index in [9.17, 15) is 9.90 Å². The minimum atomic E-state index is -1.07. The van der Waals surface area contributed by atoms with Crippen molar-refractivity contribution in [3.05, 3.63) is 96.4 Å². The number of benzene rings is 2. The van der Waals surface area contributed by atoms with Crippen LogP contribution in [0.5, 0.6) is 0 Å². The van der Waals surface area contributed by atoms with Gasteiger partial charge in [-0.2, -0.15) is 5.10 Å². The molecular formula is C29H29N5O2S. The maximum absolute atomic E-state index is 11.1. The van der Waals surface area contributed by atoms with Gasteiger partial charge in [-0.15, -0.1) is 0 Å². The van der Waals surface area contributed by atoms with Gasteiger partial charge in [0.15, 0.2) is 5.65 Å². The quantitative estimate of drug-likeness (QED) is 0.267. The fraction of sp³-hybridized carbons (Fsp3) is 0.207. The Kier molecular flexibility index (Phi) is 6.86. The molecule has 1 unspecified atom stereocenters. The van der Waals surface area contributed by atoms with E-state index in [0.717, 1.165) is 44.8 Å². The first-order valence-corrected chi connectivity index (χ1v) is 12.9. The molecule has 8 heteroatoms. The molecule has 5 rings (SSSR count). The van der Waals surface area contributed by atoms with Crippen LogP contribution < -0.4 is 0 Å². The summed E-state index contributed by atoms with van der Waals surface area (Å²) in [5.41, 5.74) is 4.50. The molecule has 0 aliphatic rings. The third kappa shape index (κ3) is 5.30. The van der Waals surface area contributed by atoms with E-state index >= 15 is 0 Å². The molecule has 1 N–H and O–H groups in total. The van der Waals surface area contributed by atoms with Crippen molar-refractivity contribution >= 4 is 29.4 Å². The van der Waals surface area contributed by atoms with Crippen LogP contribution >= 0.6 is 11.9 Å². The smallest absolute Gasteiger partial charge is 0.209 e. The van der Waals surface area contributed by atoms with Crippen molar-refractivity contribution in [2.75, 3.05) is 13.6 Å². The van der Waals surface area contributed by atoms with Gasteiger partial charge >= 0.3 is 0 Å². The van der Waals surface area contributed by atoms with Crippen LogP contribution in [0.2, 0.25) is 0 Å². The molecule has 0 aliphatic heterocycles. The number of hydrogen-bond donors (Lipinski definition) is 1. The van der Waals surface area contributed by atoms with Gasteiger partial charge in [0.25, 0.3) is 0 Å². The molecule has 3 heterocycles. The molecule has 5 aromatic rings. The average Bonchev–Trinajstić information content (AvgIpc) is 3.54. The summed E-state index contributed by atoms with van der Waals surface area (Å²) in [6.45, 7) is 4.32. The zero-order valence-electron chi connectivity index (χ0n) is 21.1. The predicted molar refractivity (Wildman–Crippen MR) is 148 cm³/mol. The molecule has 0 bridgehead atoms. The van der Waals surface area contributed by atoms with Gasteiger partial charge in [-0.05, 0) is 80.2 Å². The first-order chi connectivity index (χ1) is 17.8. The highest BCUT2D eigenvalue weighted by molar-refractivity contribution is 7.98. The summed E-state index contributed by atoms with van der Waals surface area (Å²) in [7, 11) is 1.70. The van der Waals surface area contributed by atoms with Crippen molar-refractivity contribution in [1.29, 1.82) is 0 Å². The van der Waals surface area contributed by atoms with E-state index in [1.807, 2.05) is 47.3 Å². The lowest BCUT2D eigenvalue weighted by molar-refractivity contribution is -0.117. The Labute approximate surface area is 220 Å². The molecule has 1 atom stereocenters. The summed E-state index contributed by atoms with van der Waals surface area (Å²) in [4.78, 5) is 18.2. The Morgan fingerprint density at radius 1 is 1.11 bits per heavy atom. The summed E-state index contributed by atoms with van der Waals surface area (Å²) >= 11 is 1.62. The lowest BCUT2D eigenvalue weighted by Gasteiger charge is -2.26. The maximum atomic E-state index is 11.1. The number of carbonyl (C=O) groups excluding carboxylic acids is 1. The zero-order chi connectivity index (χ0) is 26.0. The molecule has 2 aromatic carbocycles. The van der Waals surface area contributed by atoms with Crippen LogP contribution in [0, 0.1) is 6.92 Å². The normalized spacial score (nSPS) is 13.0. The number of aryl methyl sites for hydroxylation is 1. The first kappa shape index (κ1) is 24.8. The summed E-state index contributed by atoms with van der Waals surface area (Å²) in [6.07, 6.45) is 7.02. The van der Waals surface area contributed by atoms with Gasteiger partial charge in [-0.3, -0.25) is 8.77 Å². The van der Waals surface area contributed by atoms with Crippen molar-refractivity contribution in [2.24, 2.45) is 0 Å². The highest BCUT2D eigenvalue weighted by Crippen LogP contribution is 2.34. The Morgan fingerprint density at radius 3 is 2.70 bits per heavy atom. The van der Waals surface area contributed by atoms with E-state index < -0.39 is 5.60 Å². The number of amides is 1. The van der Waals surface area contributed by atoms with E-state index in [4.69, 9.17) is 5.10 Å². The van der Waals surface area contributed by atoms with Gasteiger partial charge in [0.1, 0.15) is 0 Å². The highest BCUT2D eigenvalue weighted by Gasteiger charge is 2.24. The summed E-state index contributed by atoms with van der Waals surface area (Å²) in [5, 5.41) is 17.0. The van der Waals surface area contributed by atoms with Gasteiger partial charge in [-0.25, -0.2) is 9.67 Å². The van der Waals surface area contributed by atoms with Crippen LogP contribution in [0.3, 0.4) is 0 Å². The number of pyridine rings is 1. The topological polar surface area (TPSA) is 76.2 Å². The summed E-state index contributed by atoms with van der Waals surface area (Å²) < 4.78 is 3.90. The van der Waals surface area contributed by atoms with Crippen molar-refractivity contribution < 1.29 is 9.90 Å². The number of aliphatic hydroxyl groups is 1. The van der Waals surface area contributed by atoms with Gasteiger partial charge in [0, 0.05) is 48.0 Å². The fourth-order valence-corrected chi connectivity index (χ4v) is 5.08. The second-order valence-electron chi connectivity index (χ2n) is 9.45. The van der Waals surface area contributed by atoms with E-state index in [1.54, 1.807) is 32.1 Å². The van der Waals surface area contributed by atoms with Crippen LogP contribution in [0.4, 0.5) is 0 Å². The molecule has 0 spiro atoms. The number of nitrogens with zero attached hydrogens (tertiary/aromatic N) is 5. The minimum Gasteiger partial charge on any atom is -0.385 e. The van der Waals surface area contributed by atoms with Crippen molar-refractivity contribution in [3.8, 4) is 16.9 Å². The lowest BCUT2D eigenvalue weighted by atomic mass is 9.92. The molecule has 37 heavy (non-hydrogen) atoms. The molecule has 0 saturated heterocycles. The predicted octanol–water partition coefficient (Wildman–Crippen LogP) is 5.44. The highest BCUT2D eigenvalue weighted by atomic mass is 32.2. The first-order valence-electron chi connectivity index (χ1n) is 12.1. The summed E-state index contributed by atoms with van der Waals surface area (Å²) in [6, 6.07) is 22.2.